The van der Waals surface area contributed by atoms with Crippen LogP contribution in [0.1, 0.15) is 90.7 Å². The number of amides is 2. The number of hydrogen-bond acceptors (Lipinski definition) is 6. The highest BCUT2D eigenvalue weighted by Gasteiger charge is 2.54. The normalized spacial score (nSPS) is 27.8. The maximum Gasteiger partial charge on any atom is 0.408 e. The van der Waals surface area contributed by atoms with Gasteiger partial charge in [-0.1, -0.05) is 44.9 Å². The zero-order chi connectivity index (χ0) is 30.2. The van der Waals surface area contributed by atoms with Crippen molar-refractivity contribution in [2.75, 3.05) is 13.1 Å². The molecule has 1 aliphatic carbocycles. The van der Waals surface area contributed by atoms with Gasteiger partial charge >= 0.3 is 6.09 Å². The molecule has 2 bridgehead atoms. The predicted octanol–water partition coefficient (Wildman–Crippen LogP) is 5.52. The minimum Gasteiger partial charge on any atom is -0.444 e. The first-order valence-corrected chi connectivity index (χ1v) is 15.7. The van der Waals surface area contributed by atoms with Gasteiger partial charge in [-0.05, 0) is 70.1 Å². The van der Waals surface area contributed by atoms with Crippen molar-refractivity contribution in [2.45, 2.75) is 121 Å². The molecule has 6 atom stereocenters. The van der Waals surface area contributed by atoms with Gasteiger partial charge in [-0.25, -0.2) is 9.18 Å². The second-order valence-electron chi connectivity index (χ2n) is 13.5. The molecule has 1 aromatic rings. The average Bonchev–Trinajstić information content (AvgIpc) is 3.47. The molecule has 0 spiro atoms. The summed E-state index contributed by atoms with van der Waals surface area (Å²) < 4.78 is 19.4. The number of rotatable bonds is 9. The minimum atomic E-state index is -0.661. The molecule has 0 radical (unpaired) electrons. The first kappa shape index (κ1) is 30.3. The molecule has 5 rings (SSSR count). The zero-order valence-electron chi connectivity index (χ0n) is 25.5. The summed E-state index contributed by atoms with van der Waals surface area (Å²) in [6.45, 7) is 13.0. The summed E-state index contributed by atoms with van der Waals surface area (Å²) in [6, 6.07) is 8.19. The number of nitrogens with one attached hydrogen (secondary N) is 1. The number of alkyl carbamates (subject to hydrolysis) is 1. The van der Waals surface area contributed by atoms with Gasteiger partial charge in [0.1, 0.15) is 17.5 Å². The molecule has 3 heterocycles. The van der Waals surface area contributed by atoms with Crippen molar-refractivity contribution >= 4 is 12.0 Å². The van der Waals surface area contributed by atoms with Gasteiger partial charge in [-0.15, -0.1) is 0 Å². The lowest BCUT2D eigenvalue weighted by Crippen LogP contribution is -2.61. The topological polar surface area (TPSA) is 88.9 Å². The van der Waals surface area contributed by atoms with E-state index in [0.29, 0.717) is 24.7 Å². The molecule has 1 aromatic carbocycles. The molecule has 0 aromatic heterocycles. The van der Waals surface area contributed by atoms with Crippen LogP contribution in [0.15, 0.2) is 36.5 Å². The Morgan fingerprint density at radius 1 is 1.19 bits per heavy atom. The molecule has 1 N–H and O–H groups in total. The molecular formula is C33H46FN5O3. The standard InChI is InChI=1S/C33H46FN5O3/c1-6-25-16-26(18-35)38(25)21(2)28(36-32(41)42-33(3,4)5)20-37-19-27-17-29(37)31(40)39(27)30(22-10-8-7-9-11-22)23-12-14-24(34)15-13-23/h12-15,22,25-30H,2,6-11,16-17,19-20H2,1,3-5H3,(H,36,41)/t25?,26?,27-,28?,29?,30-/m0/s1. The Kier molecular flexibility index (Phi) is 8.84. The lowest BCUT2D eigenvalue weighted by atomic mass is 9.80. The van der Waals surface area contributed by atoms with Crippen LogP contribution < -0.4 is 5.32 Å². The third kappa shape index (κ3) is 6.15. The largest absolute Gasteiger partial charge is 0.444 e. The molecule has 3 saturated heterocycles. The third-order valence-electron chi connectivity index (χ3n) is 9.61. The predicted molar refractivity (Wildman–Crippen MR) is 159 cm³/mol. The van der Waals surface area contributed by atoms with Gasteiger partial charge in [0.05, 0.1) is 24.2 Å². The van der Waals surface area contributed by atoms with Crippen molar-refractivity contribution in [2.24, 2.45) is 5.92 Å². The SMILES string of the molecule is C=C(C(CN1C[C@@H]2CC1C(=O)N2[C@H](c1ccc(F)cc1)C1CCCCC1)NC(=O)OC(C)(C)C)N1C(C#N)CC1CC. The fourth-order valence-electron chi connectivity index (χ4n) is 7.64. The highest BCUT2D eigenvalue weighted by Crippen LogP contribution is 2.45. The first-order chi connectivity index (χ1) is 20.0. The number of nitrogens with zero attached hydrogens (tertiary/aromatic N) is 4. The van der Waals surface area contributed by atoms with Crippen molar-refractivity contribution in [3.05, 3.63) is 47.9 Å². The van der Waals surface area contributed by atoms with Crippen LogP contribution >= 0.6 is 0 Å². The lowest BCUT2D eigenvalue weighted by Gasteiger charge is -2.50. The van der Waals surface area contributed by atoms with E-state index in [1.807, 2.05) is 37.8 Å². The average molecular weight is 580 g/mol. The van der Waals surface area contributed by atoms with Crippen molar-refractivity contribution in [3.8, 4) is 6.07 Å². The summed E-state index contributed by atoms with van der Waals surface area (Å²) in [5.41, 5.74) is 1.04. The zero-order valence-corrected chi connectivity index (χ0v) is 25.5. The molecular weight excluding hydrogens is 533 g/mol. The minimum absolute atomic E-state index is 0.0502. The maximum atomic E-state index is 14.1. The third-order valence-corrected chi connectivity index (χ3v) is 9.61. The molecule has 4 unspecified atom stereocenters. The quantitative estimate of drug-likeness (QED) is 0.415. The fraction of sp³-hybridized carbons (Fsp3) is 0.667. The van der Waals surface area contributed by atoms with Crippen LogP contribution in [0.2, 0.25) is 0 Å². The number of carbonyl (C=O) groups excluding carboxylic acids is 2. The number of carbonyl (C=O) groups is 2. The van der Waals surface area contributed by atoms with Crippen LogP contribution in [0.4, 0.5) is 9.18 Å². The monoisotopic (exact) mass is 579 g/mol. The second-order valence-corrected chi connectivity index (χ2v) is 13.5. The van der Waals surface area contributed by atoms with Crippen LogP contribution in [0, 0.1) is 23.1 Å². The number of hydrogen-bond donors (Lipinski definition) is 1. The summed E-state index contributed by atoms with van der Waals surface area (Å²) in [5.74, 6) is 0.206. The van der Waals surface area contributed by atoms with Crippen LogP contribution in [-0.2, 0) is 9.53 Å². The Balaban J connectivity index is 1.35. The Morgan fingerprint density at radius 3 is 2.48 bits per heavy atom. The Labute approximate surface area is 249 Å². The van der Waals surface area contributed by atoms with Crippen LogP contribution in [-0.4, -0.2) is 75.6 Å². The van der Waals surface area contributed by atoms with E-state index in [2.05, 4.69) is 34.7 Å². The summed E-state index contributed by atoms with van der Waals surface area (Å²) in [4.78, 5) is 33.3. The molecule has 3 aliphatic heterocycles. The van der Waals surface area contributed by atoms with E-state index in [-0.39, 0.29) is 41.9 Å². The van der Waals surface area contributed by atoms with E-state index in [4.69, 9.17) is 4.74 Å². The van der Waals surface area contributed by atoms with Gasteiger partial charge in [0, 0.05) is 37.3 Å². The highest BCUT2D eigenvalue weighted by atomic mass is 19.1. The van der Waals surface area contributed by atoms with Crippen molar-refractivity contribution in [1.82, 2.24) is 20.0 Å². The van der Waals surface area contributed by atoms with E-state index in [1.165, 1.54) is 18.6 Å². The molecule has 9 heteroatoms. The second kappa shape index (κ2) is 12.2. The van der Waals surface area contributed by atoms with Crippen molar-refractivity contribution in [3.63, 3.8) is 0 Å². The number of nitriles is 1. The first-order valence-electron chi connectivity index (χ1n) is 15.7. The van der Waals surface area contributed by atoms with Crippen LogP contribution in [0.5, 0.6) is 0 Å². The summed E-state index contributed by atoms with van der Waals surface area (Å²) in [6.07, 6.45) is 7.53. The van der Waals surface area contributed by atoms with Gasteiger partial charge in [-0.3, -0.25) is 9.69 Å². The fourth-order valence-corrected chi connectivity index (χ4v) is 7.64. The molecule has 8 nitrogen and oxygen atoms in total. The van der Waals surface area contributed by atoms with Crippen molar-refractivity contribution in [1.29, 1.82) is 5.26 Å². The lowest BCUT2D eigenvalue weighted by molar-refractivity contribution is -0.141. The van der Waals surface area contributed by atoms with E-state index in [1.54, 1.807) is 0 Å². The Morgan fingerprint density at radius 2 is 1.88 bits per heavy atom. The summed E-state index contributed by atoms with van der Waals surface area (Å²) in [5, 5.41) is 12.7. The van der Waals surface area contributed by atoms with Crippen molar-refractivity contribution < 1.29 is 18.7 Å². The number of halogens is 1. The summed E-state index contributed by atoms with van der Waals surface area (Å²) in [7, 11) is 0. The van der Waals surface area contributed by atoms with E-state index in [0.717, 1.165) is 50.5 Å². The van der Waals surface area contributed by atoms with Crippen LogP contribution in [0.25, 0.3) is 0 Å². The number of likely N-dealkylation sites (tertiary alicyclic amines) is 3. The van der Waals surface area contributed by atoms with Gasteiger partial charge in [0.25, 0.3) is 0 Å². The molecule has 4 aliphatic rings. The van der Waals surface area contributed by atoms with E-state index >= 15 is 0 Å². The number of ether oxygens (including phenoxy) is 1. The highest BCUT2D eigenvalue weighted by molar-refractivity contribution is 5.86. The molecule has 228 valence electrons. The summed E-state index contributed by atoms with van der Waals surface area (Å²) >= 11 is 0. The molecule has 4 fully saturated rings. The number of benzene rings is 1. The number of fused-ring (bicyclic) bond motifs is 2. The molecule has 2 amide bonds. The van der Waals surface area contributed by atoms with Gasteiger partial charge in [-0.2, -0.15) is 5.26 Å². The van der Waals surface area contributed by atoms with E-state index in [9.17, 15) is 19.2 Å². The Bertz CT molecular complexity index is 1200. The van der Waals surface area contributed by atoms with E-state index < -0.39 is 17.7 Å². The Hall–Kier alpha value is -3.12. The van der Waals surface area contributed by atoms with Gasteiger partial charge in [0.15, 0.2) is 0 Å². The van der Waals surface area contributed by atoms with Gasteiger partial charge < -0.3 is 19.9 Å². The van der Waals surface area contributed by atoms with Gasteiger partial charge in [0.2, 0.25) is 5.91 Å². The molecule has 42 heavy (non-hydrogen) atoms. The van der Waals surface area contributed by atoms with Crippen LogP contribution in [0.3, 0.4) is 0 Å². The molecule has 1 saturated carbocycles. The maximum absolute atomic E-state index is 14.1. The number of piperazine rings is 1. The smallest absolute Gasteiger partial charge is 0.408 e.